The first-order valence-electron chi connectivity index (χ1n) is 7.30. The smallest absolute Gasteiger partial charge is 0.254 e. The summed E-state index contributed by atoms with van der Waals surface area (Å²) in [5.41, 5.74) is 1.37. The van der Waals surface area contributed by atoms with E-state index < -0.39 is 0 Å². The second kappa shape index (κ2) is 7.94. The lowest BCUT2D eigenvalue weighted by atomic mass is 10.2. The number of aryl methyl sites for hydroxylation is 1. The van der Waals surface area contributed by atoms with Crippen LogP contribution in [0.4, 0.5) is 0 Å². The summed E-state index contributed by atoms with van der Waals surface area (Å²) in [5.74, 6) is -0.0880. The Morgan fingerprint density at radius 3 is 2.50 bits per heavy atom. The highest BCUT2D eigenvalue weighted by Crippen LogP contribution is 2.05. The lowest BCUT2D eigenvalue weighted by Gasteiger charge is -2.30. The van der Waals surface area contributed by atoms with Gasteiger partial charge in [0, 0.05) is 31.4 Å². The molecule has 1 heterocycles. The predicted molar refractivity (Wildman–Crippen MR) is 80.7 cm³/mol. The number of nitrogens with one attached hydrogen (secondary N) is 1. The van der Waals surface area contributed by atoms with Gasteiger partial charge in [0.05, 0.1) is 11.3 Å². The van der Waals surface area contributed by atoms with Gasteiger partial charge >= 0.3 is 0 Å². The van der Waals surface area contributed by atoms with Crippen molar-refractivity contribution in [2.45, 2.75) is 53.1 Å². The standard InChI is InChI=1S/C15H26N4O/c1-6-14-13(9-16-10-18-14)15(20)17-7-8-19(11(2)3)12(4)5/h9-12H,6-8H2,1-5H3,(H,17,20). The van der Waals surface area contributed by atoms with Crippen LogP contribution >= 0.6 is 0 Å². The summed E-state index contributed by atoms with van der Waals surface area (Å²) >= 11 is 0. The number of aromatic nitrogens is 2. The first-order valence-corrected chi connectivity index (χ1v) is 7.30. The second-order valence-corrected chi connectivity index (χ2v) is 5.42. The molecule has 0 saturated heterocycles. The van der Waals surface area contributed by atoms with E-state index in [4.69, 9.17) is 0 Å². The first-order chi connectivity index (χ1) is 9.47. The molecule has 1 aromatic rings. The Kier molecular flexibility index (Phi) is 6.58. The predicted octanol–water partition coefficient (Wildman–Crippen LogP) is 1.89. The summed E-state index contributed by atoms with van der Waals surface area (Å²) in [6, 6.07) is 0.941. The zero-order valence-corrected chi connectivity index (χ0v) is 13.2. The van der Waals surface area contributed by atoms with Crippen LogP contribution in [0.15, 0.2) is 12.5 Å². The Bertz CT molecular complexity index is 424. The van der Waals surface area contributed by atoms with Gasteiger partial charge in [0.1, 0.15) is 6.33 Å². The van der Waals surface area contributed by atoms with E-state index in [9.17, 15) is 4.79 Å². The minimum Gasteiger partial charge on any atom is -0.351 e. The third-order valence-electron chi connectivity index (χ3n) is 3.36. The van der Waals surface area contributed by atoms with Crippen LogP contribution in [0.5, 0.6) is 0 Å². The quantitative estimate of drug-likeness (QED) is 0.827. The molecule has 0 radical (unpaired) electrons. The molecule has 1 N–H and O–H groups in total. The van der Waals surface area contributed by atoms with E-state index >= 15 is 0 Å². The molecule has 0 aromatic carbocycles. The number of carbonyl (C=O) groups is 1. The minimum atomic E-state index is -0.0880. The Balaban J connectivity index is 2.55. The maximum Gasteiger partial charge on any atom is 0.254 e. The third-order valence-corrected chi connectivity index (χ3v) is 3.36. The monoisotopic (exact) mass is 278 g/mol. The Hall–Kier alpha value is -1.49. The summed E-state index contributed by atoms with van der Waals surface area (Å²) in [7, 11) is 0. The molecule has 0 unspecified atom stereocenters. The first kappa shape index (κ1) is 16.6. The van der Waals surface area contributed by atoms with Crippen LogP contribution in [0.25, 0.3) is 0 Å². The van der Waals surface area contributed by atoms with Crippen molar-refractivity contribution in [2.24, 2.45) is 0 Å². The molecule has 0 bridgehead atoms. The normalized spacial score (nSPS) is 11.4. The molecule has 5 nitrogen and oxygen atoms in total. The molecule has 0 fully saturated rings. The molecule has 20 heavy (non-hydrogen) atoms. The molecular weight excluding hydrogens is 252 g/mol. The van der Waals surface area contributed by atoms with Crippen molar-refractivity contribution in [1.29, 1.82) is 0 Å². The van der Waals surface area contributed by atoms with E-state index in [0.29, 0.717) is 24.2 Å². The number of hydrogen-bond acceptors (Lipinski definition) is 4. The van der Waals surface area contributed by atoms with Gasteiger partial charge in [-0.15, -0.1) is 0 Å². The Morgan fingerprint density at radius 1 is 1.30 bits per heavy atom. The van der Waals surface area contributed by atoms with Crippen molar-refractivity contribution in [1.82, 2.24) is 20.2 Å². The average Bonchev–Trinajstić information content (AvgIpc) is 2.42. The SMILES string of the molecule is CCc1ncncc1C(=O)NCCN(C(C)C)C(C)C. The second-order valence-electron chi connectivity index (χ2n) is 5.42. The van der Waals surface area contributed by atoms with Crippen LogP contribution in [0.2, 0.25) is 0 Å². The topological polar surface area (TPSA) is 58.1 Å². The molecular formula is C15H26N4O. The molecule has 0 atom stereocenters. The molecule has 1 amide bonds. The molecule has 1 rings (SSSR count). The maximum atomic E-state index is 12.1. The molecule has 1 aromatic heterocycles. The number of amides is 1. The third kappa shape index (κ3) is 4.56. The fraction of sp³-hybridized carbons (Fsp3) is 0.667. The van der Waals surface area contributed by atoms with Crippen molar-refractivity contribution in [3.8, 4) is 0 Å². The van der Waals surface area contributed by atoms with Crippen LogP contribution in [-0.2, 0) is 6.42 Å². The van der Waals surface area contributed by atoms with Gasteiger partial charge in [0.25, 0.3) is 5.91 Å². The van der Waals surface area contributed by atoms with Gasteiger partial charge in [-0.25, -0.2) is 9.97 Å². The van der Waals surface area contributed by atoms with E-state index in [1.54, 1.807) is 6.20 Å². The van der Waals surface area contributed by atoms with Crippen molar-refractivity contribution >= 4 is 5.91 Å². The van der Waals surface area contributed by atoms with Gasteiger partial charge in [-0.05, 0) is 34.1 Å². The molecule has 5 heteroatoms. The van der Waals surface area contributed by atoms with Gasteiger partial charge in [0.15, 0.2) is 0 Å². The maximum absolute atomic E-state index is 12.1. The van der Waals surface area contributed by atoms with E-state index in [2.05, 4.69) is 47.9 Å². The fourth-order valence-corrected chi connectivity index (χ4v) is 2.33. The number of carbonyl (C=O) groups excluding carboxylic acids is 1. The van der Waals surface area contributed by atoms with Crippen LogP contribution in [0, 0.1) is 0 Å². The van der Waals surface area contributed by atoms with Crippen LogP contribution < -0.4 is 5.32 Å². The summed E-state index contributed by atoms with van der Waals surface area (Å²) < 4.78 is 0. The number of hydrogen-bond donors (Lipinski definition) is 1. The summed E-state index contributed by atoms with van der Waals surface area (Å²) in [4.78, 5) is 22.6. The summed E-state index contributed by atoms with van der Waals surface area (Å²) in [6.07, 6.45) is 3.80. The fourth-order valence-electron chi connectivity index (χ4n) is 2.33. The van der Waals surface area contributed by atoms with Crippen LogP contribution in [0.3, 0.4) is 0 Å². The van der Waals surface area contributed by atoms with Gasteiger partial charge in [-0.1, -0.05) is 6.92 Å². The largest absolute Gasteiger partial charge is 0.351 e. The van der Waals surface area contributed by atoms with E-state index in [1.807, 2.05) is 6.92 Å². The molecule has 0 aliphatic carbocycles. The number of rotatable bonds is 7. The van der Waals surface area contributed by atoms with Gasteiger partial charge in [0.2, 0.25) is 0 Å². The lowest BCUT2D eigenvalue weighted by Crippen LogP contribution is -2.42. The van der Waals surface area contributed by atoms with Crippen LogP contribution in [0.1, 0.15) is 50.7 Å². The van der Waals surface area contributed by atoms with Crippen molar-refractivity contribution < 1.29 is 4.79 Å². The lowest BCUT2D eigenvalue weighted by molar-refractivity contribution is 0.0937. The van der Waals surface area contributed by atoms with Gasteiger partial charge < -0.3 is 5.32 Å². The van der Waals surface area contributed by atoms with Gasteiger partial charge in [-0.2, -0.15) is 0 Å². The van der Waals surface area contributed by atoms with E-state index in [-0.39, 0.29) is 5.91 Å². The zero-order valence-electron chi connectivity index (χ0n) is 13.2. The van der Waals surface area contributed by atoms with Crippen molar-refractivity contribution in [3.05, 3.63) is 23.8 Å². The Labute approximate surface area is 121 Å². The van der Waals surface area contributed by atoms with Crippen molar-refractivity contribution in [2.75, 3.05) is 13.1 Å². The number of nitrogens with zero attached hydrogens (tertiary/aromatic N) is 3. The zero-order chi connectivity index (χ0) is 15.1. The van der Waals surface area contributed by atoms with Crippen molar-refractivity contribution in [3.63, 3.8) is 0 Å². The molecule has 0 saturated carbocycles. The van der Waals surface area contributed by atoms with E-state index in [0.717, 1.165) is 18.7 Å². The highest BCUT2D eigenvalue weighted by molar-refractivity contribution is 5.94. The summed E-state index contributed by atoms with van der Waals surface area (Å²) in [5, 5.41) is 2.95. The van der Waals surface area contributed by atoms with E-state index in [1.165, 1.54) is 6.33 Å². The molecule has 0 spiro atoms. The van der Waals surface area contributed by atoms with Gasteiger partial charge in [-0.3, -0.25) is 9.69 Å². The van der Waals surface area contributed by atoms with Crippen LogP contribution in [-0.4, -0.2) is 45.9 Å². The summed E-state index contributed by atoms with van der Waals surface area (Å²) in [6.45, 7) is 12.1. The Morgan fingerprint density at radius 2 is 1.95 bits per heavy atom. The average molecular weight is 278 g/mol. The molecule has 112 valence electrons. The highest BCUT2D eigenvalue weighted by atomic mass is 16.1. The minimum absolute atomic E-state index is 0.0880. The highest BCUT2D eigenvalue weighted by Gasteiger charge is 2.15. The molecule has 0 aliphatic heterocycles. The molecule has 0 aliphatic rings.